The first-order valence-corrected chi connectivity index (χ1v) is 9.50. The van der Waals surface area contributed by atoms with E-state index >= 15 is 0 Å². The van der Waals surface area contributed by atoms with E-state index in [0.717, 1.165) is 45.7 Å². The summed E-state index contributed by atoms with van der Waals surface area (Å²) >= 11 is 3.34. The van der Waals surface area contributed by atoms with E-state index in [4.69, 9.17) is 0 Å². The predicted octanol–water partition coefficient (Wildman–Crippen LogP) is 3.03. The number of non-ortho nitro benzene ring substituents is 1. The molecule has 8 nitrogen and oxygen atoms in total. The minimum atomic E-state index is -4.14. The van der Waals surface area contributed by atoms with Gasteiger partial charge in [-0.3, -0.25) is 19.2 Å². The maximum Gasteiger partial charge on any atom is 0.326 e. The Bertz CT molecular complexity index is 944. The van der Waals surface area contributed by atoms with Crippen LogP contribution in [0.1, 0.15) is 5.56 Å². The largest absolute Gasteiger partial charge is 0.468 e. The molecule has 0 N–H and O–H groups in total. The summed E-state index contributed by atoms with van der Waals surface area (Å²) in [6.45, 7) is 1.25. The fourth-order valence-corrected chi connectivity index (χ4v) is 3.80. The monoisotopic (exact) mass is 442 g/mol. The van der Waals surface area contributed by atoms with Crippen molar-refractivity contribution in [1.82, 2.24) is 0 Å². The lowest BCUT2D eigenvalue weighted by Gasteiger charge is -2.24. The highest BCUT2D eigenvalue weighted by Crippen LogP contribution is 2.28. The van der Waals surface area contributed by atoms with Crippen molar-refractivity contribution in [3.8, 4) is 0 Å². The van der Waals surface area contributed by atoms with Crippen LogP contribution in [-0.4, -0.2) is 33.0 Å². The molecule has 138 valence electrons. The molecule has 2 rings (SSSR count). The molecular formula is C16H15BrN2O6S. The second kappa shape index (κ2) is 7.83. The predicted molar refractivity (Wildman–Crippen MR) is 98.5 cm³/mol. The Labute approximate surface area is 158 Å². The van der Waals surface area contributed by atoms with Crippen LogP contribution >= 0.6 is 15.9 Å². The minimum absolute atomic E-state index is 0.174. The van der Waals surface area contributed by atoms with Gasteiger partial charge < -0.3 is 4.74 Å². The Morgan fingerprint density at radius 2 is 1.85 bits per heavy atom. The molecule has 0 saturated heterocycles. The van der Waals surface area contributed by atoms with Gasteiger partial charge in [-0.2, -0.15) is 0 Å². The van der Waals surface area contributed by atoms with Gasteiger partial charge in [0.15, 0.2) is 0 Å². The first-order valence-electron chi connectivity index (χ1n) is 7.27. The molecule has 0 aromatic heterocycles. The van der Waals surface area contributed by atoms with Crippen molar-refractivity contribution in [2.24, 2.45) is 0 Å². The van der Waals surface area contributed by atoms with E-state index in [1.807, 2.05) is 0 Å². The Hall–Kier alpha value is -2.46. The third kappa shape index (κ3) is 4.20. The van der Waals surface area contributed by atoms with Gasteiger partial charge in [0.1, 0.15) is 6.54 Å². The molecule has 0 saturated carbocycles. The number of hydrogen-bond donors (Lipinski definition) is 0. The fourth-order valence-electron chi connectivity index (χ4n) is 2.15. The zero-order valence-electron chi connectivity index (χ0n) is 13.9. The molecule has 2 aromatic carbocycles. The van der Waals surface area contributed by atoms with Crippen molar-refractivity contribution in [2.75, 3.05) is 18.0 Å². The number of sulfonamides is 1. The molecule has 0 aliphatic rings. The number of esters is 1. The SMILES string of the molecule is COC(=O)CN(c1ccc(Br)c(C)c1)S(=O)(=O)c1ccc([N+](=O)[O-])cc1. The lowest BCUT2D eigenvalue weighted by atomic mass is 10.2. The molecule has 0 radical (unpaired) electrons. The molecule has 0 heterocycles. The van der Waals surface area contributed by atoms with Gasteiger partial charge in [-0.25, -0.2) is 8.42 Å². The van der Waals surface area contributed by atoms with Gasteiger partial charge in [0.25, 0.3) is 15.7 Å². The maximum absolute atomic E-state index is 13.0. The summed E-state index contributed by atoms with van der Waals surface area (Å²) in [5.74, 6) is -0.740. The highest BCUT2D eigenvalue weighted by atomic mass is 79.9. The Kier molecular flexibility index (Phi) is 5.98. The van der Waals surface area contributed by atoms with E-state index < -0.39 is 27.5 Å². The number of aryl methyl sites for hydroxylation is 1. The van der Waals surface area contributed by atoms with Gasteiger partial charge in [-0.1, -0.05) is 15.9 Å². The summed E-state index contributed by atoms with van der Waals surface area (Å²) in [7, 11) is -2.98. The van der Waals surface area contributed by atoms with Gasteiger partial charge in [0.05, 0.1) is 22.6 Å². The van der Waals surface area contributed by atoms with Crippen LogP contribution in [0.5, 0.6) is 0 Å². The van der Waals surface area contributed by atoms with Crippen LogP contribution in [0.2, 0.25) is 0 Å². The lowest BCUT2D eigenvalue weighted by Crippen LogP contribution is -2.36. The third-order valence-electron chi connectivity index (χ3n) is 3.57. The molecule has 0 unspecified atom stereocenters. The number of rotatable bonds is 6. The number of carbonyl (C=O) groups is 1. The van der Waals surface area contributed by atoms with E-state index in [9.17, 15) is 23.3 Å². The number of halogens is 1. The molecule has 0 spiro atoms. The number of nitrogens with zero attached hydrogens (tertiary/aromatic N) is 2. The third-order valence-corrected chi connectivity index (χ3v) is 6.24. The molecule has 2 aromatic rings. The number of hydrogen-bond acceptors (Lipinski definition) is 6. The molecule has 10 heteroatoms. The molecule has 0 amide bonds. The quantitative estimate of drug-likeness (QED) is 0.386. The van der Waals surface area contributed by atoms with Gasteiger partial charge in [-0.15, -0.1) is 0 Å². The van der Waals surface area contributed by atoms with Crippen LogP contribution in [0.4, 0.5) is 11.4 Å². The van der Waals surface area contributed by atoms with Crippen molar-refractivity contribution < 1.29 is 22.9 Å². The van der Waals surface area contributed by atoms with Gasteiger partial charge >= 0.3 is 5.97 Å². The summed E-state index contributed by atoms with van der Waals surface area (Å²) < 4.78 is 32.3. The number of nitro benzene ring substituents is 1. The lowest BCUT2D eigenvalue weighted by molar-refractivity contribution is -0.384. The highest BCUT2D eigenvalue weighted by Gasteiger charge is 2.28. The number of carbonyl (C=O) groups excluding carboxylic acids is 1. The molecule has 0 aliphatic heterocycles. The second-order valence-corrected chi connectivity index (χ2v) is 7.99. The molecule has 26 heavy (non-hydrogen) atoms. The fraction of sp³-hybridized carbons (Fsp3) is 0.188. The first kappa shape index (κ1) is 19.9. The topological polar surface area (TPSA) is 107 Å². The smallest absolute Gasteiger partial charge is 0.326 e. The van der Waals surface area contributed by atoms with E-state index in [2.05, 4.69) is 20.7 Å². The zero-order valence-corrected chi connectivity index (χ0v) is 16.3. The van der Waals surface area contributed by atoms with Crippen molar-refractivity contribution >= 4 is 43.3 Å². The summed E-state index contributed by atoms with van der Waals surface area (Å²) in [4.78, 5) is 21.7. The van der Waals surface area contributed by atoms with Gasteiger partial charge in [-0.05, 0) is 42.8 Å². The minimum Gasteiger partial charge on any atom is -0.468 e. The van der Waals surface area contributed by atoms with E-state index in [1.54, 1.807) is 25.1 Å². The molecule has 0 bridgehead atoms. The van der Waals surface area contributed by atoms with Crippen LogP contribution in [0.3, 0.4) is 0 Å². The average molecular weight is 443 g/mol. The number of methoxy groups -OCH3 is 1. The number of nitro groups is 1. The van der Waals surface area contributed by atoms with E-state index in [1.165, 1.54) is 0 Å². The Morgan fingerprint density at radius 3 is 2.35 bits per heavy atom. The summed E-state index contributed by atoms with van der Waals surface area (Å²) in [6, 6.07) is 9.26. The van der Waals surface area contributed by atoms with Crippen molar-refractivity contribution in [3.05, 3.63) is 62.6 Å². The Balaban J connectivity index is 2.53. The second-order valence-electron chi connectivity index (χ2n) is 5.27. The summed E-state index contributed by atoms with van der Waals surface area (Å²) in [6.07, 6.45) is 0. The molecule has 0 atom stereocenters. The standard InChI is InChI=1S/C16H15BrN2O6S/c1-11-9-13(5-8-15(11)17)18(10-16(20)25-2)26(23,24)14-6-3-12(4-7-14)19(21)22/h3-9H,10H2,1-2H3. The maximum atomic E-state index is 13.0. The number of ether oxygens (including phenoxy) is 1. The normalized spacial score (nSPS) is 11.0. The zero-order chi connectivity index (χ0) is 19.5. The van der Waals surface area contributed by atoms with E-state index in [0.29, 0.717) is 0 Å². The van der Waals surface area contributed by atoms with Crippen LogP contribution < -0.4 is 4.31 Å². The van der Waals surface area contributed by atoms with Crippen LogP contribution in [-0.2, 0) is 19.6 Å². The van der Waals surface area contributed by atoms with Gasteiger partial charge in [0, 0.05) is 16.6 Å². The Morgan fingerprint density at radius 1 is 1.23 bits per heavy atom. The first-order chi connectivity index (χ1) is 12.2. The van der Waals surface area contributed by atoms with Crippen molar-refractivity contribution in [3.63, 3.8) is 0 Å². The molecular weight excluding hydrogens is 428 g/mol. The van der Waals surface area contributed by atoms with Crippen molar-refractivity contribution in [2.45, 2.75) is 11.8 Å². The number of anilines is 1. The number of benzene rings is 2. The molecule has 0 aliphatic carbocycles. The summed E-state index contributed by atoms with van der Waals surface area (Å²) in [5, 5.41) is 10.8. The van der Waals surface area contributed by atoms with Crippen LogP contribution in [0, 0.1) is 17.0 Å². The molecule has 0 fully saturated rings. The highest BCUT2D eigenvalue weighted by molar-refractivity contribution is 9.10. The van der Waals surface area contributed by atoms with Crippen molar-refractivity contribution in [1.29, 1.82) is 0 Å². The van der Waals surface area contributed by atoms with E-state index in [-0.39, 0.29) is 16.3 Å². The van der Waals surface area contributed by atoms with Crippen LogP contribution in [0.15, 0.2) is 51.8 Å². The van der Waals surface area contributed by atoms with Crippen LogP contribution in [0.25, 0.3) is 0 Å². The summed E-state index contributed by atoms with van der Waals surface area (Å²) in [5.41, 5.74) is 0.814. The average Bonchev–Trinajstić information content (AvgIpc) is 2.61. The van der Waals surface area contributed by atoms with Gasteiger partial charge in [0.2, 0.25) is 0 Å².